The predicted octanol–water partition coefficient (Wildman–Crippen LogP) is 4.78. The molecule has 0 spiro atoms. The molecule has 2 nitrogen and oxygen atoms in total. The van der Waals surface area contributed by atoms with Crippen LogP contribution in [0, 0.1) is 0 Å². The third kappa shape index (κ3) is 3.47. The Bertz CT molecular complexity index is 566. The van der Waals surface area contributed by atoms with E-state index in [4.69, 9.17) is 0 Å². The van der Waals surface area contributed by atoms with E-state index in [1.807, 2.05) is 6.07 Å². The maximum atomic E-state index is 4.65. The Hall–Kier alpha value is -1.32. The van der Waals surface area contributed by atoms with Crippen molar-refractivity contribution in [3.63, 3.8) is 0 Å². The lowest BCUT2D eigenvalue weighted by molar-refractivity contribution is 0.205. The van der Waals surface area contributed by atoms with Gasteiger partial charge in [-0.05, 0) is 57.0 Å². The topological polar surface area (TPSA) is 16.1 Å². The van der Waals surface area contributed by atoms with Crippen LogP contribution < -0.4 is 0 Å². The molecule has 0 amide bonds. The van der Waals surface area contributed by atoms with Gasteiger partial charge in [0.15, 0.2) is 0 Å². The first-order valence-corrected chi connectivity index (χ1v) is 8.50. The molecule has 1 aromatic carbocycles. The standard InChI is InChI=1S/C18H22N2S/c1-14(2)20-12-6-9-17(20)15-10-11-18(19-13-15)21-16-7-4-3-5-8-16/h3-5,7-8,10-11,13-14,17H,6,9,12H2,1-2H3/t17-/m1/s1. The average molecular weight is 298 g/mol. The molecule has 0 N–H and O–H groups in total. The van der Waals surface area contributed by atoms with Crippen LogP contribution in [-0.4, -0.2) is 22.5 Å². The van der Waals surface area contributed by atoms with Gasteiger partial charge in [-0.3, -0.25) is 4.90 Å². The van der Waals surface area contributed by atoms with Crippen molar-refractivity contribution in [2.45, 2.75) is 48.7 Å². The second kappa shape index (κ2) is 6.63. The van der Waals surface area contributed by atoms with Gasteiger partial charge in [0.1, 0.15) is 5.03 Å². The summed E-state index contributed by atoms with van der Waals surface area (Å²) in [4.78, 5) is 8.47. The van der Waals surface area contributed by atoms with Gasteiger partial charge in [-0.2, -0.15) is 0 Å². The highest BCUT2D eigenvalue weighted by molar-refractivity contribution is 7.99. The van der Waals surface area contributed by atoms with Gasteiger partial charge in [0, 0.05) is 23.2 Å². The summed E-state index contributed by atoms with van der Waals surface area (Å²) in [5.74, 6) is 0. The second-order valence-electron chi connectivity index (χ2n) is 5.83. The lowest BCUT2D eigenvalue weighted by atomic mass is 10.1. The number of aromatic nitrogens is 1. The average Bonchev–Trinajstić information content (AvgIpc) is 2.99. The zero-order valence-electron chi connectivity index (χ0n) is 12.7. The highest BCUT2D eigenvalue weighted by Crippen LogP contribution is 2.34. The number of rotatable bonds is 4. The van der Waals surface area contributed by atoms with E-state index in [2.05, 4.69) is 66.3 Å². The molecule has 3 rings (SSSR count). The fourth-order valence-corrected chi connectivity index (χ4v) is 3.80. The summed E-state index contributed by atoms with van der Waals surface area (Å²) in [7, 11) is 0. The molecule has 21 heavy (non-hydrogen) atoms. The Kier molecular flexibility index (Phi) is 4.61. The Morgan fingerprint density at radius 2 is 1.95 bits per heavy atom. The molecule has 2 aromatic rings. The van der Waals surface area contributed by atoms with E-state index in [1.54, 1.807) is 11.8 Å². The summed E-state index contributed by atoms with van der Waals surface area (Å²) in [5.41, 5.74) is 1.36. The summed E-state index contributed by atoms with van der Waals surface area (Å²) >= 11 is 1.72. The first-order chi connectivity index (χ1) is 10.2. The molecule has 1 aliphatic heterocycles. The fourth-order valence-electron chi connectivity index (χ4n) is 3.02. The predicted molar refractivity (Wildman–Crippen MR) is 88.6 cm³/mol. The molecule has 0 saturated carbocycles. The number of benzene rings is 1. The zero-order valence-corrected chi connectivity index (χ0v) is 13.5. The summed E-state index contributed by atoms with van der Waals surface area (Å²) in [6, 6.07) is 16.0. The molecule has 1 fully saturated rings. The maximum Gasteiger partial charge on any atom is 0.101 e. The number of hydrogen-bond acceptors (Lipinski definition) is 3. The lowest BCUT2D eigenvalue weighted by Gasteiger charge is -2.28. The van der Waals surface area contributed by atoms with Crippen molar-refractivity contribution in [2.24, 2.45) is 0 Å². The summed E-state index contributed by atoms with van der Waals surface area (Å²) < 4.78 is 0. The minimum Gasteiger partial charge on any atom is -0.294 e. The summed E-state index contributed by atoms with van der Waals surface area (Å²) in [6.07, 6.45) is 4.62. The van der Waals surface area contributed by atoms with Gasteiger partial charge in [-0.1, -0.05) is 36.0 Å². The molecule has 0 aliphatic carbocycles. The van der Waals surface area contributed by atoms with Crippen LogP contribution in [0.15, 0.2) is 58.6 Å². The first-order valence-electron chi connectivity index (χ1n) is 7.68. The van der Waals surface area contributed by atoms with Gasteiger partial charge in [0.2, 0.25) is 0 Å². The fraction of sp³-hybridized carbons (Fsp3) is 0.389. The Balaban J connectivity index is 1.72. The first kappa shape index (κ1) is 14.6. The Morgan fingerprint density at radius 1 is 1.14 bits per heavy atom. The van der Waals surface area contributed by atoms with E-state index in [-0.39, 0.29) is 0 Å². The molecule has 110 valence electrons. The van der Waals surface area contributed by atoms with Crippen LogP contribution in [-0.2, 0) is 0 Å². The van der Waals surface area contributed by atoms with Gasteiger partial charge >= 0.3 is 0 Å². The molecular formula is C18H22N2S. The molecule has 0 bridgehead atoms. The molecule has 1 aromatic heterocycles. The zero-order chi connectivity index (χ0) is 14.7. The molecule has 0 radical (unpaired) electrons. The molecule has 1 saturated heterocycles. The number of nitrogens with zero attached hydrogens (tertiary/aromatic N) is 2. The van der Waals surface area contributed by atoms with Crippen molar-refractivity contribution in [3.8, 4) is 0 Å². The van der Waals surface area contributed by atoms with E-state index in [9.17, 15) is 0 Å². The largest absolute Gasteiger partial charge is 0.294 e. The molecule has 1 atom stereocenters. The molecule has 0 unspecified atom stereocenters. The summed E-state index contributed by atoms with van der Waals surface area (Å²) in [5, 5.41) is 1.07. The quantitative estimate of drug-likeness (QED) is 0.808. The Morgan fingerprint density at radius 3 is 2.62 bits per heavy atom. The highest BCUT2D eigenvalue weighted by atomic mass is 32.2. The van der Waals surface area contributed by atoms with Crippen LogP contribution in [0.5, 0.6) is 0 Å². The number of pyridine rings is 1. The van der Waals surface area contributed by atoms with Crippen LogP contribution in [0.1, 0.15) is 38.3 Å². The van der Waals surface area contributed by atoms with E-state index >= 15 is 0 Å². The van der Waals surface area contributed by atoms with Gasteiger partial charge in [0.05, 0.1) is 0 Å². The maximum absolute atomic E-state index is 4.65. The van der Waals surface area contributed by atoms with Crippen molar-refractivity contribution in [2.75, 3.05) is 6.54 Å². The van der Waals surface area contributed by atoms with Crippen molar-refractivity contribution in [1.29, 1.82) is 0 Å². The smallest absolute Gasteiger partial charge is 0.101 e. The van der Waals surface area contributed by atoms with Gasteiger partial charge in [0.25, 0.3) is 0 Å². The second-order valence-corrected chi connectivity index (χ2v) is 6.93. The van der Waals surface area contributed by atoms with Gasteiger partial charge in [-0.25, -0.2) is 4.98 Å². The van der Waals surface area contributed by atoms with E-state index in [0.29, 0.717) is 12.1 Å². The van der Waals surface area contributed by atoms with Crippen molar-refractivity contribution >= 4 is 11.8 Å². The van der Waals surface area contributed by atoms with Crippen LogP contribution in [0.25, 0.3) is 0 Å². The van der Waals surface area contributed by atoms with E-state index in [1.165, 1.54) is 29.8 Å². The molecule has 1 aliphatic rings. The van der Waals surface area contributed by atoms with Gasteiger partial charge < -0.3 is 0 Å². The van der Waals surface area contributed by atoms with Crippen LogP contribution >= 0.6 is 11.8 Å². The minimum atomic E-state index is 0.549. The Labute approximate surface area is 131 Å². The van der Waals surface area contributed by atoms with Crippen molar-refractivity contribution < 1.29 is 0 Å². The van der Waals surface area contributed by atoms with E-state index < -0.39 is 0 Å². The third-order valence-corrected chi connectivity index (χ3v) is 5.03. The van der Waals surface area contributed by atoms with Crippen LogP contribution in [0.3, 0.4) is 0 Å². The number of hydrogen-bond donors (Lipinski definition) is 0. The van der Waals surface area contributed by atoms with E-state index in [0.717, 1.165) is 5.03 Å². The minimum absolute atomic E-state index is 0.549. The van der Waals surface area contributed by atoms with Crippen LogP contribution in [0.4, 0.5) is 0 Å². The molecular weight excluding hydrogens is 276 g/mol. The third-order valence-electron chi connectivity index (χ3n) is 4.07. The highest BCUT2D eigenvalue weighted by Gasteiger charge is 2.27. The molecule has 2 heterocycles. The number of likely N-dealkylation sites (tertiary alicyclic amines) is 1. The van der Waals surface area contributed by atoms with Crippen LogP contribution in [0.2, 0.25) is 0 Å². The lowest BCUT2D eigenvalue weighted by Crippen LogP contribution is -2.30. The monoisotopic (exact) mass is 298 g/mol. The SMILES string of the molecule is CC(C)N1CCC[C@@H]1c1ccc(Sc2ccccc2)nc1. The van der Waals surface area contributed by atoms with Crippen molar-refractivity contribution in [1.82, 2.24) is 9.88 Å². The molecule has 3 heteroatoms. The van der Waals surface area contributed by atoms with Crippen molar-refractivity contribution in [3.05, 3.63) is 54.2 Å². The van der Waals surface area contributed by atoms with Gasteiger partial charge in [-0.15, -0.1) is 0 Å². The summed E-state index contributed by atoms with van der Waals surface area (Å²) in [6.45, 7) is 5.78. The normalized spacial score (nSPS) is 19.3.